The highest BCUT2D eigenvalue weighted by molar-refractivity contribution is 7.99. The molecule has 0 aromatic carbocycles. The molecule has 1 atom stereocenters. The van der Waals surface area contributed by atoms with Crippen LogP contribution in [0.1, 0.15) is 51.4 Å². The molecule has 1 aliphatic carbocycles. The Morgan fingerprint density at radius 3 is 2.50 bits per heavy atom. The van der Waals surface area contributed by atoms with Crippen molar-refractivity contribution in [1.82, 2.24) is 10.6 Å². The number of nitrogens with one attached hydrogen (secondary N) is 2. The molecule has 0 spiro atoms. The quantitative estimate of drug-likeness (QED) is 0.836. The van der Waals surface area contributed by atoms with Crippen molar-refractivity contribution in [3.63, 3.8) is 0 Å². The minimum atomic E-state index is 0. The Labute approximate surface area is 133 Å². The van der Waals surface area contributed by atoms with Crippen LogP contribution in [0.15, 0.2) is 0 Å². The van der Waals surface area contributed by atoms with Crippen molar-refractivity contribution in [1.29, 1.82) is 0 Å². The summed E-state index contributed by atoms with van der Waals surface area (Å²) in [5, 5.41) is 6.58. The number of amides is 1. The van der Waals surface area contributed by atoms with Gasteiger partial charge in [0.25, 0.3) is 0 Å². The molecule has 0 bridgehead atoms. The summed E-state index contributed by atoms with van der Waals surface area (Å²) in [5.41, 5.74) is 0. The Bertz CT molecular complexity index is 265. The van der Waals surface area contributed by atoms with E-state index in [0.29, 0.717) is 12.5 Å². The van der Waals surface area contributed by atoms with Gasteiger partial charge in [0, 0.05) is 37.1 Å². The lowest BCUT2D eigenvalue weighted by Crippen LogP contribution is -2.42. The zero-order valence-corrected chi connectivity index (χ0v) is 14.0. The Hall–Kier alpha value is 0.0700. The lowest BCUT2D eigenvalue weighted by Gasteiger charge is -2.24. The second-order valence-corrected chi connectivity index (χ2v) is 7.10. The molecule has 2 aliphatic rings. The first kappa shape index (κ1) is 18.1. The second-order valence-electron chi connectivity index (χ2n) is 5.95. The molecule has 3 nitrogen and oxygen atoms in total. The summed E-state index contributed by atoms with van der Waals surface area (Å²) in [6.07, 6.45) is 10.1. The minimum Gasteiger partial charge on any atom is -0.356 e. The van der Waals surface area contributed by atoms with Crippen LogP contribution in [0.5, 0.6) is 0 Å². The van der Waals surface area contributed by atoms with E-state index in [1.54, 1.807) is 0 Å². The molecule has 2 N–H and O–H groups in total. The van der Waals surface area contributed by atoms with E-state index in [0.717, 1.165) is 24.8 Å². The number of hydrogen-bond donors (Lipinski definition) is 2. The third kappa shape index (κ3) is 7.19. The molecule has 0 aromatic rings. The van der Waals surface area contributed by atoms with Crippen LogP contribution in [-0.2, 0) is 4.79 Å². The summed E-state index contributed by atoms with van der Waals surface area (Å²) in [5.74, 6) is 3.22. The van der Waals surface area contributed by atoms with Gasteiger partial charge in [-0.05, 0) is 18.8 Å². The molecule has 0 aromatic heterocycles. The fourth-order valence-corrected chi connectivity index (χ4v) is 4.00. The molecule has 5 heteroatoms. The summed E-state index contributed by atoms with van der Waals surface area (Å²) in [6.45, 7) is 1.95. The predicted molar refractivity (Wildman–Crippen MR) is 89.8 cm³/mol. The lowest BCUT2D eigenvalue weighted by molar-refractivity contribution is -0.121. The maximum absolute atomic E-state index is 11.9. The normalized spacial score (nSPS) is 25.1. The first-order valence-corrected chi connectivity index (χ1v) is 9.08. The number of rotatable bonds is 4. The van der Waals surface area contributed by atoms with E-state index in [4.69, 9.17) is 0 Å². The van der Waals surface area contributed by atoms with Gasteiger partial charge < -0.3 is 10.6 Å². The largest absolute Gasteiger partial charge is 0.356 e. The Morgan fingerprint density at radius 1 is 1.15 bits per heavy atom. The van der Waals surface area contributed by atoms with E-state index in [1.165, 1.54) is 50.7 Å². The zero-order chi connectivity index (χ0) is 13.3. The number of halogens is 1. The molecular weight excluding hydrogens is 292 g/mol. The predicted octanol–water partition coefficient (Wildman–Crippen LogP) is 2.98. The van der Waals surface area contributed by atoms with Crippen LogP contribution in [0.4, 0.5) is 0 Å². The van der Waals surface area contributed by atoms with Crippen LogP contribution in [0, 0.1) is 5.92 Å². The van der Waals surface area contributed by atoms with Gasteiger partial charge in [-0.25, -0.2) is 0 Å². The summed E-state index contributed by atoms with van der Waals surface area (Å²) >= 11 is 1.95. The molecule has 1 heterocycles. The highest BCUT2D eigenvalue weighted by Gasteiger charge is 2.18. The van der Waals surface area contributed by atoms with Gasteiger partial charge in [0.2, 0.25) is 5.91 Å². The summed E-state index contributed by atoms with van der Waals surface area (Å²) in [4.78, 5) is 11.9. The fraction of sp³-hybridized carbons (Fsp3) is 0.933. The molecule has 0 radical (unpaired) electrons. The van der Waals surface area contributed by atoms with Crippen LogP contribution < -0.4 is 10.6 Å². The first-order chi connectivity index (χ1) is 9.34. The Kier molecular flexibility index (Phi) is 9.74. The van der Waals surface area contributed by atoms with Crippen molar-refractivity contribution in [2.75, 3.05) is 24.6 Å². The summed E-state index contributed by atoms with van der Waals surface area (Å²) in [6, 6.07) is 0.385. The van der Waals surface area contributed by atoms with E-state index in [-0.39, 0.29) is 18.3 Å². The number of hydrogen-bond acceptors (Lipinski definition) is 3. The van der Waals surface area contributed by atoms with Gasteiger partial charge in [-0.15, -0.1) is 12.4 Å². The number of carbonyl (C=O) groups excluding carboxylic acids is 1. The maximum Gasteiger partial charge on any atom is 0.221 e. The van der Waals surface area contributed by atoms with Crippen LogP contribution in [-0.4, -0.2) is 36.5 Å². The number of carbonyl (C=O) groups is 1. The van der Waals surface area contributed by atoms with E-state index in [2.05, 4.69) is 10.6 Å². The van der Waals surface area contributed by atoms with Gasteiger partial charge in [0.15, 0.2) is 0 Å². The molecule has 1 unspecified atom stereocenters. The third-order valence-electron chi connectivity index (χ3n) is 4.24. The van der Waals surface area contributed by atoms with Gasteiger partial charge in [-0.1, -0.05) is 32.1 Å². The molecule has 2 fully saturated rings. The number of thioether (sulfide) groups is 1. The van der Waals surface area contributed by atoms with Crippen molar-refractivity contribution in [3.8, 4) is 0 Å². The van der Waals surface area contributed by atoms with Crippen molar-refractivity contribution in [2.45, 2.75) is 57.4 Å². The summed E-state index contributed by atoms with van der Waals surface area (Å²) < 4.78 is 0. The molecule has 1 saturated heterocycles. The molecular formula is C15H29ClN2OS. The molecule has 1 amide bonds. The highest BCUT2D eigenvalue weighted by Crippen LogP contribution is 2.21. The minimum absolute atomic E-state index is 0. The van der Waals surface area contributed by atoms with Crippen molar-refractivity contribution >= 4 is 30.1 Å². The average Bonchev–Trinajstić information content (AvgIpc) is 2.38. The first-order valence-electron chi connectivity index (χ1n) is 7.92. The molecule has 20 heavy (non-hydrogen) atoms. The second kappa shape index (κ2) is 10.7. The SMILES string of the molecule is Cl.O=C(CC1CSCCN1)NCC1CCCCCCC1. The van der Waals surface area contributed by atoms with E-state index < -0.39 is 0 Å². The lowest BCUT2D eigenvalue weighted by atomic mass is 9.91. The zero-order valence-electron chi connectivity index (χ0n) is 12.4. The van der Waals surface area contributed by atoms with Gasteiger partial charge in [0.05, 0.1) is 0 Å². The fourth-order valence-electron chi connectivity index (χ4n) is 3.05. The van der Waals surface area contributed by atoms with Crippen LogP contribution in [0.25, 0.3) is 0 Å². The molecule has 118 valence electrons. The topological polar surface area (TPSA) is 41.1 Å². The van der Waals surface area contributed by atoms with E-state index in [1.807, 2.05) is 11.8 Å². The molecule has 1 aliphatic heterocycles. The van der Waals surface area contributed by atoms with Crippen LogP contribution in [0.3, 0.4) is 0 Å². The standard InChI is InChI=1S/C15H28N2OS.ClH/c18-15(10-14-12-19-9-8-16-14)17-11-13-6-4-2-1-3-5-7-13;/h13-14,16H,1-12H2,(H,17,18);1H. The summed E-state index contributed by atoms with van der Waals surface area (Å²) in [7, 11) is 0. The maximum atomic E-state index is 11.9. The van der Waals surface area contributed by atoms with Gasteiger partial charge in [0.1, 0.15) is 0 Å². The van der Waals surface area contributed by atoms with Gasteiger partial charge in [-0.3, -0.25) is 4.79 Å². The highest BCUT2D eigenvalue weighted by atomic mass is 35.5. The average molecular weight is 321 g/mol. The molecule has 2 rings (SSSR count). The monoisotopic (exact) mass is 320 g/mol. The smallest absolute Gasteiger partial charge is 0.221 e. The van der Waals surface area contributed by atoms with Crippen molar-refractivity contribution in [3.05, 3.63) is 0 Å². The van der Waals surface area contributed by atoms with Crippen molar-refractivity contribution < 1.29 is 4.79 Å². The van der Waals surface area contributed by atoms with Gasteiger partial charge >= 0.3 is 0 Å². The van der Waals surface area contributed by atoms with Crippen molar-refractivity contribution in [2.24, 2.45) is 5.92 Å². The third-order valence-corrected chi connectivity index (χ3v) is 5.37. The van der Waals surface area contributed by atoms with E-state index in [9.17, 15) is 4.79 Å². The van der Waals surface area contributed by atoms with E-state index >= 15 is 0 Å². The van der Waals surface area contributed by atoms with Gasteiger partial charge in [-0.2, -0.15) is 11.8 Å². The molecule has 1 saturated carbocycles. The Balaban J connectivity index is 0.00000200. The van der Waals surface area contributed by atoms with Crippen LogP contribution in [0.2, 0.25) is 0 Å². The Morgan fingerprint density at radius 2 is 1.85 bits per heavy atom. The van der Waals surface area contributed by atoms with Crippen LogP contribution >= 0.6 is 24.2 Å².